The van der Waals surface area contributed by atoms with E-state index in [1.54, 1.807) is 6.26 Å². The molecular weight excluding hydrogens is 336 g/mol. The predicted octanol–water partition coefficient (Wildman–Crippen LogP) is 3.53. The van der Waals surface area contributed by atoms with Gasteiger partial charge in [0.15, 0.2) is 5.96 Å². The van der Waals surface area contributed by atoms with Crippen LogP contribution in [-0.4, -0.2) is 43.1 Å². The summed E-state index contributed by atoms with van der Waals surface area (Å²) in [5.41, 5.74) is 1.41. The van der Waals surface area contributed by atoms with Crippen molar-refractivity contribution >= 4 is 5.96 Å². The van der Waals surface area contributed by atoms with E-state index in [4.69, 9.17) is 9.41 Å². The monoisotopic (exact) mass is 366 g/mol. The maximum Gasteiger partial charge on any atom is 0.191 e. The standard InChI is InChI=1S/C22H30N4O/c1-2-23-22(25-19-15-18(19)17-9-4-3-5-10-17)24-16-20(21-11-8-14-27-21)26-12-6-7-13-26/h3-5,8-11,14,18-20H,2,6-7,12-13,15-16H2,1H3,(H2,23,24,25). The van der Waals surface area contributed by atoms with E-state index in [-0.39, 0.29) is 6.04 Å². The maximum atomic E-state index is 5.72. The van der Waals surface area contributed by atoms with Crippen LogP contribution in [0.1, 0.15) is 49.5 Å². The number of guanidine groups is 1. The summed E-state index contributed by atoms with van der Waals surface area (Å²) in [5, 5.41) is 7.03. The van der Waals surface area contributed by atoms with Crippen LogP contribution in [0, 0.1) is 0 Å². The van der Waals surface area contributed by atoms with Gasteiger partial charge in [0.1, 0.15) is 5.76 Å². The summed E-state index contributed by atoms with van der Waals surface area (Å²) in [7, 11) is 0. The van der Waals surface area contributed by atoms with Gasteiger partial charge in [-0.3, -0.25) is 9.89 Å². The Hall–Kier alpha value is -2.27. The van der Waals surface area contributed by atoms with Gasteiger partial charge in [0, 0.05) is 18.5 Å². The summed E-state index contributed by atoms with van der Waals surface area (Å²) in [5.74, 6) is 2.52. The van der Waals surface area contributed by atoms with E-state index >= 15 is 0 Å². The Bertz CT molecular complexity index is 722. The number of aliphatic imine (C=N–C) groups is 1. The SMILES string of the molecule is CCNC(=NCC(c1ccco1)N1CCCC1)NC1CC1c1ccccc1. The number of nitrogens with one attached hydrogen (secondary N) is 2. The normalized spacial score (nSPS) is 24.0. The molecule has 1 aliphatic carbocycles. The Balaban J connectivity index is 1.41. The van der Waals surface area contributed by atoms with Gasteiger partial charge >= 0.3 is 0 Å². The smallest absolute Gasteiger partial charge is 0.191 e. The molecule has 0 amide bonds. The number of furan rings is 1. The zero-order chi connectivity index (χ0) is 18.5. The lowest BCUT2D eigenvalue weighted by Gasteiger charge is -2.24. The molecule has 1 aromatic carbocycles. The molecule has 2 aromatic rings. The molecule has 1 aliphatic heterocycles. The van der Waals surface area contributed by atoms with Crippen LogP contribution in [0.5, 0.6) is 0 Å². The molecule has 0 bridgehead atoms. The average molecular weight is 367 g/mol. The number of nitrogens with zero attached hydrogens (tertiary/aromatic N) is 2. The van der Waals surface area contributed by atoms with Crippen molar-refractivity contribution in [3.8, 4) is 0 Å². The fourth-order valence-corrected chi connectivity index (χ4v) is 4.02. The summed E-state index contributed by atoms with van der Waals surface area (Å²) < 4.78 is 5.72. The van der Waals surface area contributed by atoms with Gasteiger partial charge in [-0.2, -0.15) is 0 Å². The zero-order valence-electron chi connectivity index (χ0n) is 16.1. The van der Waals surface area contributed by atoms with Crippen molar-refractivity contribution in [2.45, 2.75) is 44.2 Å². The second kappa shape index (κ2) is 8.61. The molecule has 2 aliphatic rings. The van der Waals surface area contributed by atoms with Crippen LogP contribution >= 0.6 is 0 Å². The molecule has 3 atom stereocenters. The highest BCUT2D eigenvalue weighted by molar-refractivity contribution is 5.80. The molecule has 1 aromatic heterocycles. The molecular formula is C22H30N4O. The van der Waals surface area contributed by atoms with Crippen LogP contribution in [0.15, 0.2) is 58.1 Å². The van der Waals surface area contributed by atoms with E-state index < -0.39 is 0 Å². The topological polar surface area (TPSA) is 52.8 Å². The molecule has 3 unspecified atom stereocenters. The minimum Gasteiger partial charge on any atom is -0.468 e. The minimum atomic E-state index is 0.224. The van der Waals surface area contributed by atoms with Gasteiger partial charge in [-0.15, -0.1) is 0 Å². The predicted molar refractivity (Wildman–Crippen MR) is 109 cm³/mol. The fraction of sp³-hybridized carbons (Fsp3) is 0.500. The van der Waals surface area contributed by atoms with E-state index in [1.807, 2.05) is 6.07 Å². The van der Waals surface area contributed by atoms with E-state index in [0.29, 0.717) is 18.5 Å². The summed E-state index contributed by atoms with van der Waals surface area (Å²) >= 11 is 0. The van der Waals surface area contributed by atoms with Crippen LogP contribution in [0.4, 0.5) is 0 Å². The van der Waals surface area contributed by atoms with Crippen LogP contribution in [-0.2, 0) is 0 Å². The zero-order valence-corrected chi connectivity index (χ0v) is 16.1. The van der Waals surface area contributed by atoms with Crippen LogP contribution in [0.2, 0.25) is 0 Å². The largest absolute Gasteiger partial charge is 0.468 e. The summed E-state index contributed by atoms with van der Waals surface area (Å²) in [6, 6.07) is 15.5. The second-order valence-corrected chi connectivity index (χ2v) is 7.50. The molecule has 2 N–H and O–H groups in total. The van der Waals surface area contributed by atoms with Gasteiger partial charge in [-0.25, -0.2) is 0 Å². The molecule has 5 heteroatoms. The fourth-order valence-electron chi connectivity index (χ4n) is 4.02. The molecule has 4 rings (SSSR count). The number of rotatable bonds is 7. The molecule has 144 valence electrons. The van der Waals surface area contributed by atoms with Crippen LogP contribution in [0.25, 0.3) is 0 Å². The summed E-state index contributed by atoms with van der Waals surface area (Å²) in [4.78, 5) is 7.41. The lowest BCUT2D eigenvalue weighted by atomic mass is 10.1. The van der Waals surface area contributed by atoms with E-state index in [2.05, 4.69) is 58.9 Å². The van der Waals surface area contributed by atoms with Gasteiger partial charge in [-0.1, -0.05) is 30.3 Å². The Labute approximate surface area is 161 Å². The highest BCUT2D eigenvalue weighted by Crippen LogP contribution is 2.40. The lowest BCUT2D eigenvalue weighted by Crippen LogP contribution is -2.40. The van der Waals surface area contributed by atoms with E-state index in [0.717, 1.165) is 31.4 Å². The highest BCUT2D eigenvalue weighted by Gasteiger charge is 2.39. The molecule has 5 nitrogen and oxygen atoms in total. The molecule has 1 saturated heterocycles. The van der Waals surface area contributed by atoms with Crippen molar-refractivity contribution in [2.24, 2.45) is 4.99 Å². The Morgan fingerprint density at radius 1 is 1.19 bits per heavy atom. The number of likely N-dealkylation sites (tertiary alicyclic amines) is 1. The van der Waals surface area contributed by atoms with Crippen molar-refractivity contribution in [2.75, 3.05) is 26.2 Å². The quantitative estimate of drug-likeness (QED) is 0.581. The first-order valence-corrected chi connectivity index (χ1v) is 10.2. The Kier molecular flexibility index (Phi) is 5.78. The number of hydrogen-bond acceptors (Lipinski definition) is 3. The third-order valence-corrected chi connectivity index (χ3v) is 5.56. The minimum absolute atomic E-state index is 0.224. The summed E-state index contributed by atoms with van der Waals surface area (Å²) in [6.07, 6.45) is 5.46. The van der Waals surface area contributed by atoms with E-state index in [1.165, 1.54) is 24.8 Å². The molecule has 0 radical (unpaired) electrons. The number of hydrogen-bond donors (Lipinski definition) is 2. The first-order valence-electron chi connectivity index (χ1n) is 10.2. The van der Waals surface area contributed by atoms with Crippen LogP contribution in [0.3, 0.4) is 0 Å². The Morgan fingerprint density at radius 3 is 2.70 bits per heavy atom. The van der Waals surface area contributed by atoms with Crippen molar-refractivity contribution in [1.29, 1.82) is 0 Å². The van der Waals surface area contributed by atoms with Crippen molar-refractivity contribution in [3.63, 3.8) is 0 Å². The number of benzene rings is 1. The van der Waals surface area contributed by atoms with Gasteiger partial charge in [0.25, 0.3) is 0 Å². The van der Waals surface area contributed by atoms with Gasteiger partial charge in [0.05, 0.1) is 18.8 Å². The average Bonchev–Trinajstić information content (AvgIpc) is 3.09. The highest BCUT2D eigenvalue weighted by atomic mass is 16.3. The third kappa shape index (κ3) is 4.53. The third-order valence-electron chi connectivity index (χ3n) is 5.56. The van der Waals surface area contributed by atoms with Gasteiger partial charge < -0.3 is 15.1 Å². The van der Waals surface area contributed by atoms with Crippen molar-refractivity contribution in [1.82, 2.24) is 15.5 Å². The van der Waals surface area contributed by atoms with E-state index in [9.17, 15) is 0 Å². The van der Waals surface area contributed by atoms with Gasteiger partial charge in [-0.05, 0) is 57.0 Å². The molecule has 0 spiro atoms. The molecule has 1 saturated carbocycles. The molecule has 2 heterocycles. The summed E-state index contributed by atoms with van der Waals surface area (Å²) in [6.45, 7) is 5.95. The Morgan fingerprint density at radius 2 is 2.00 bits per heavy atom. The first-order chi connectivity index (χ1) is 13.3. The van der Waals surface area contributed by atoms with Crippen molar-refractivity contribution < 1.29 is 4.42 Å². The van der Waals surface area contributed by atoms with Crippen molar-refractivity contribution in [3.05, 3.63) is 60.1 Å². The first kappa shape index (κ1) is 18.1. The second-order valence-electron chi connectivity index (χ2n) is 7.50. The maximum absolute atomic E-state index is 5.72. The lowest BCUT2D eigenvalue weighted by molar-refractivity contribution is 0.221. The molecule has 2 fully saturated rings. The van der Waals surface area contributed by atoms with Gasteiger partial charge in [0.2, 0.25) is 0 Å². The molecule has 27 heavy (non-hydrogen) atoms. The van der Waals surface area contributed by atoms with Crippen LogP contribution < -0.4 is 10.6 Å².